The van der Waals surface area contributed by atoms with Crippen molar-refractivity contribution in [3.05, 3.63) is 82.5 Å². The Balaban J connectivity index is 1.88. The predicted molar refractivity (Wildman–Crippen MR) is 122 cm³/mol. The normalized spacial score (nSPS) is 11.9. The van der Waals surface area contributed by atoms with E-state index in [2.05, 4.69) is 11.4 Å². The molecule has 6 heteroatoms. The molecule has 0 aliphatic carbocycles. The molecule has 1 unspecified atom stereocenters. The van der Waals surface area contributed by atoms with Crippen molar-refractivity contribution >= 4 is 11.7 Å². The molecule has 1 aromatic heterocycles. The third kappa shape index (κ3) is 4.53. The Hall–Kier alpha value is -3.40. The zero-order valence-corrected chi connectivity index (χ0v) is 18.4. The van der Waals surface area contributed by atoms with Gasteiger partial charge in [0.05, 0.1) is 24.8 Å². The number of nitriles is 1. The van der Waals surface area contributed by atoms with Gasteiger partial charge >= 0.3 is 0 Å². The lowest BCUT2D eigenvalue weighted by molar-refractivity contribution is -0.117. The smallest absolute Gasteiger partial charge is 0.239 e. The van der Waals surface area contributed by atoms with Gasteiger partial charge in [0.25, 0.3) is 0 Å². The molecule has 0 saturated heterocycles. The van der Waals surface area contributed by atoms with Gasteiger partial charge in [-0.2, -0.15) is 5.26 Å². The number of nitrogens with one attached hydrogen (secondary N) is 1. The maximum Gasteiger partial charge on any atom is 0.239 e. The van der Waals surface area contributed by atoms with Gasteiger partial charge in [-0.1, -0.05) is 42.5 Å². The van der Waals surface area contributed by atoms with Crippen LogP contribution >= 0.6 is 0 Å². The van der Waals surface area contributed by atoms with E-state index in [1.807, 2.05) is 91.9 Å². The molecule has 1 heterocycles. The molecular formula is C25H28N4O2. The number of aryl methyl sites for hydroxylation is 1. The highest BCUT2D eigenvalue weighted by Crippen LogP contribution is 2.30. The Morgan fingerprint density at radius 2 is 1.77 bits per heavy atom. The molecule has 3 rings (SSSR count). The molecule has 6 nitrogen and oxygen atoms in total. The molecule has 0 fully saturated rings. The number of rotatable bonds is 7. The number of carbonyl (C=O) groups excluding carboxylic acids is 1. The molecule has 1 atom stereocenters. The van der Waals surface area contributed by atoms with Crippen molar-refractivity contribution in [2.45, 2.75) is 26.8 Å². The molecule has 3 aromatic rings. The minimum Gasteiger partial charge on any atom is -0.394 e. The SMILES string of the molecule is Cc1ccccc1C(CO)N(C)CC(=O)Nc1c(C#N)c(C)c(C)n1-c1ccccc1. The highest BCUT2D eigenvalue weighted by atomic mass is 16.3. The van der Waals surface area contributed by atoms with E-state index < -0.39 is 0 Å². The van der Waals surface area contributed by atoms with Crippen molar-refractivity contribution in [3.8, 4) is 11.8 Å². The highest BCUT2D eigenvalue weighted by molar-refractivity contribution is 5.93. The van der Waals surface area contributed by atoms with Gasteiger partial charge < -0.3 is 10.4 Å². The summed E-state index contributed by atoms with van der Waals surface area (Å²) in [5.41, 5.74) is 5.11. The first kappa shape index (κ1) is 22.3. The van der Waals surface area contributed by atoms with Crippen LogP contribution in [0, 0.1) is 32.1 Å². The molecule has 1 amide bonds. The number of aromatic nitrogens is 1. The van der Waals surface area contributed by atoms with Gasteiger partial charge in [-0.15, -0.1) is 0 Å². The number of hydrogen-bond acceptors (Lipinski definition) is 4. The van der Waals surface area contributed by atoms with Crippen LogP contribution in [-0.2, 0) is 4.79 Å². The van der Waals surface area contributed by atoms with E-state index in [1.54, 1.807) is 0 Å². The van der Waals surface area contributed by atoms with Crippen LogP contribution in [0.25, 0.3) is 5.69 Å². The van der Waals surface area contributed by atoms with Crippen LogP contribution in [-0.4, -0.2) is 40.7 Å². The number of para-hydroxylation sites is 1. The highest BCUT2D eigenvalue weighted by Gasteiger charge is 2.23. The fraction of sp³-hybridized carbons (Fsp3) is 0.280. The van der Waals surface area contributed by atoms with Crippen molar-refractivity contribution in [2.24, 2.45) is 0 Å². The number of nitrogens with zero attached hydrogens (tertiary/aromatic N) is 3. The van der Waals surface area contributed by atoms with E-state index in [4.69, 9.17) is 0 Å². The van der Waals surface area contributed by atoms with Crippen LogP contribution in [0.5, 0.6) is 0 Å². The van der Waals surface area contributed by atoms with Crippen LogP contribution in [0.2, 0.25) is 0 Å². The van der Waals surface area contributed by atoms with Gasteiger partial charge in [-0.05, 0) is 56.6 Å². The Labute approximate surface area is 183 Å². The first-order valence-electron chi connectivity index (χ1n) is 10.2. The Morgan fingerprint density at radius 3 is 2.39 bits per heavy atom. The molecule has 0 radical (unpaired) electrons. The van der Waals surface area contributed by atoms with Crippen molar-refractivity contribution in [3.63, 3.8) is 0 Å². The topological polar surface area (TPSA) is 81.3 Å². The number of benzene rings is 2. The monoisotopic (exact) mass is 416 g/mol. The van der Waals surface area contributed by atoms with Crippen molar-refractivity contribution < 1.29 is 9.90 Å². The van der Waals surface area contributed by atoms with Gasteiger partial charge in [0.15, 0.2) is 0 Å². The van der Waals surface area contributed by atoms with E-state index in [0.29, 0.717) is 11.4 Å². The number of aliphatic hydroxyl groups is 1. The number of hydrogen-bond donors (Lipinski definition) is 2. The van der Waals surface area contributed by atoms with Gasteiger partial charge in [0.1, 0.15) is 11.9 Å². The Bertz CT molecular complexity index is 1110. The van der Waals surface area contributed by atoms with Gasteiger partial charge in [-0.25, -0.2) is 0 Å². The molecule has 0 aliphatic rings. The molecule has 2 N–H and O–H groups in total. The largest absolute Gasteiger partial charge is 0.394 e. The second kappa shape index (κ2) is 9.61. The molecule has 0 bridgehead atoms. The van der Waals surface area contributed by atoms with E-state index in [0.717, 1.165) is 28.1 Å². The predicted octanol–water partition coefficient (Wildman–Crippen LogP) is 3.88. The zero-order chi connectivity index (χ0) is 22.5. The third-order valence-corrected chi connectivity index (χ3v) is 5.74. The minimum atomic E-state index is -0.299. The average Bonchev–Trinajstić information content (AvgIpc) is 2.99. The second-order valence-corrected chi connectivity index (χ2v) is 7.74. The van der Waals surface area contributed by atoms with E-state index >= 15 is 0 Å². The Morgan fingerprint density at radius 1 is 1.13 bits per heavy atom. The first-order valence-corrected chi connectivity index (χ1v) is 10.2. The van der Waals surface area contributed by atoms with Crippen LogP contribution in [0.4, 0.5) is 5.82 Å². The molecule has 160 valence electrons. The van der Waals surface area contributed by atoms with Crippen LogP contribution in [0.1, 0.15) is 34.0 Å². The Kier molecular flexibility index (Phi) is 6.91. The summed E-state index contributed by atoms with van der Waals surface area (Å²) in [5, 5.41) is 22.6. The standard InChI is InChI=1S/C25H28N4O2/c1-17-10-8-9-13-21(17)23(16-30)28(4)15-24(31)27-25-22(14-26)18(2)19(3)29(25)20-11-6-5-7-12-20/h5-13,23,30H,15-16H2,1-4H3,(H,27,31). The summed E-state index contributed by atoms with van der Waals surface area (Å²) >= 11 is 0. The number of aliphatic hydroxyl groups excluding tert-OH is 1. The summed E-state index contributed by atoms with van der Waals surface area (Å²) in [7, 11) is 1.81. The van der Waals surface area contributed by atoms with Gasteiger partial charge in [-0.3, -0.25) is 14.3 Å². The second-order valence-electron chi connectivity index (χ2n) is 7.74. The summed E-state index contributed by atoms with van der Waals surface area (Å²) in [6.07, 6.45) is 0. The molecule has 0 aliphatic heterocycles. The van der Waals surface area contributed by atoms with Crippen molar-refractivity contribution in [1.82, 2.24) is 9.47 Å². The molecule has 31 heavy (non-hydrogen) atoms. The summed E-state index contributed by atoms with van der Waals surface area (Å²) in [5.74, 6) is 0.222. The number of likely N-dealkylation sites (N-methyl/N-ethyl adjacent to an activating group) is 1. The zero-order valence-electron chi connectivity index (χ0n) is 18.4. The fourth-order valence-corrected chi connectivity index (χ4v) is 3.90. The summed E-state index contributed by atoms with van der Waals surface area (Å²) in [6, 6.07) is 19.4. The number of carbonyl (C=O) groups is 1. The van der Waals surface area contributed by atoms with E-state index in [1.165, 1.54) is 0 Å². The summed E-state index contributed by atoms with van der Waals surface area (Å²) < 4.78 is 1.90. The quantitative estimate of drug-likeness (QED) is 0.612. The van der Waals surface area contributed by atoms with E-state index in [9.17, 15) is 15.2 Å². The third-order valence-electron chi connectivity index (χ3n) is 5.74. The van der Waals surface area contributed by atoms with Gasteiger partial charge in [0, 0.05) is 11.4 Å². The molecule has 0 saturated carbocycles. The van der Waals surface area contributed by atoms with Gasteiger partial charge in [0.2, 0.25) is 5.91 Å². The lowest BCUT2D eigenvalue weighted by atomic mass is 10.0. The first-order chi connectivity index (χ1) is 14.9. The fourth-order valence-electron chi connectivity index (χ4n) is 3.90. The molecule has 0 spiro atoms. The van der Waals surface area contributed by atoms with Crippen LogP contribution in [0.3, 0.4) is 0 Å². The summed E-state index contributed by atoms with van der Waals surface area (Å²) in [4.78, 5) is 14.8. The maximum atomic E-state index is 13.0. The van der Waals surface area contributed by atoms with Crippen LogP contribution in [0.15, 0.2) is 54.6 Å². The minimum absolute atomic E-state index is 0.0719. The maximum absolute atomic E-state index is 13.0. The summed E-state index contributed by atoms with van der Waals surface area (Å²) in [6.45, 7) is 5.78. The lowest BCUT2D eigenvalue weighted by Gasteiger charge is -2.27. The average molecular weight is 417 g/mol. The molecule has 2 aromatic carbocycles. The number of amides is 1. The van der Waals surface area contributed by atoms with Crippen LogP contribution < -0.4 is 5.32 Å². The van der Waals surface area contributed by atoms with Crippen molar-refractivity contribution in [1.29, 1.82) is 5.26 Å². The lowest BCUT2D eigenvalue weighted by Crippen LogP contribution is -2.35. The molecular weight excluding hydrogens is 388 g/mol. The number of anilines is 1. The van der Waals surface area contributed by atoms with Crippen molar-refractivity contribution in [2.75, 3.05) is 25.5 Å². The van der Waals surface area contributed by atoms with E-state index in [-0.39, 0.29) is 25.1 Å².